The molecule has 0 spiro atoms. The summed E-state index contributed by atoms with van der Waals surface area (Å²) < 4.78 is 72.7. The summed E-state index contributed by atoms with van der Waals surface area (Å²) in [6.07, 6.45) is -4.19. The highest BCUT2D eigenvalue weighted by Gasteiger charge is 2.48. The van der Waals surface area contributed by atoms with Gasteiger partial charge in [-0.15, -0.1) is 0 Å². The summed E-state index contributed by atoms with van der Waals surface area (Å²) in [7, 11) is 0. The van der Waals surface area contributed by atoms with E-state index >= 15 is 0 Å². The molecule has 12 heteroatoms. The van der Waals surface area contributed by atoms with E-state index in [1.807, 2.05) is 0 Å². The van der Waals surface area contributed by atoms with Crippen LogP contribution in [0.5, 0.6) is 0 Å². The van der Waals surface area contributed by atoms with Gasteiger partial charge < -0.3 is 14.8 Å². The van der Waals surface area contributed by atoms with Gasteiger partial charge in [-0.05, 0) is 31.9 Å². The van der Waals surface area contributed by atoms with Gasteiger partial charge in [-0.1, -0.05) is 6.08 Å². The average Bonchev–Trinajstić information content (AvgIpc) is 3.23. The quantitative estimate of drug-likeness (QED) is 0.553. The summed E-state index contributed by atoms with van der Waals surface area (Å²) in [5, 5.41) is 2.56. The van der Waals surface area contributed by atoms with Crippen molar-refractivity contribution in [2.45, 2.75) is 37.6 Å². The second-order valence-corrected chi connectivity index (χ2v) is 7.34. The molecule has 0 radical (unpaired) electrons. The van der Waals surface area contributed by atoms with Crippen molar-refractivity contribution < 1.29 is 45.8 Å². The summed E-state index contributed by atoms with van der Waals surface area (Å²) in [5.74, 6) is -3.69. The number of benzene rings is 1. The van der Waals surface area contributed by atoms with Gasteiger partial charge >= 0.3 is 18.2 Å². The second kappa shape index (κ2) is 8.16. The minimum atomic E-state index is -4.65. The lowest BCUT2D eigenvalue weighted by atomic mass is 10.0. The van der Waals surface area contributed by atoms with Crippen molar-refractivity contribution in [2.75, 3.05) is 18.1 Å². The minimum Gasteiger partial charge on any atom is -0.453 e. The largest absolute Gasteiger partial charge is 0.453 e. The number of halogens is 5. The number of anilines is 1. The van der Waals surface area contributed by atoms with Gasteiger partial charge in [0.1, 0.15) is 11.6 Å². The lowest BCUT2D eigenvalue weighted by Crippen LogP contribution is -2.50. The molecular formula is C19H17F5N2O5. The number of rotatable bonds is 5. The Balaban J connectivity index is 1.59. The molecule has 0 saturated carbocycles. The van der Waals surface area contributed by atoms with Crippen molar-refractivity contribution in [1.82, 2.24) is 5.32 Å². The van der Waals surface area contributed by atoms with Gasteiger partial charge in [0.15, 0.2) is 6.61 Å². The number of cyclic esters (lactones) is 1. The summed E-state index contributed by atoms with van der Waals surface area (Å²) in [5.41, 5.74) is -1.84. The third-order valence-electron chi connectivity index (χ3n) is 4.71. The molecule has 1 aliphatic carbocycles. The molecule has 31 heavy (non-hydrogen) atoms. The van der Waals surface area contributed by atoms with Crippen molar-refractivity contribution >= 4 is 23.7 Å². The van der Waals surface area contributed by atoms with Crippen molar-refractivity contribution in [3.05, 3.63) is 41.5 Å². The van der Waals surface area contributed by atoms with Crippen LogP contribution in [-0.4, -0.2) is 48.9 Å². The Labute approximate surface area is 172 Å². The molecule has 168 valence electrons. The van der Waals surface area contributed by atoms with Crippen LogP contribution in [-0.2, 0) is 19.1 Å². The number of carbonyl (C=O) groups is 3. The highest BCUT2D eigenvalue weighted by molar-refractivity contribution is 5.98. The molecule has 3 rings (SSSR count). The Morgan fingerprint density at radius 1 is 1.26 bits per heavy atom. The van der Waals surface area contributed by atoms with E-state index in [4.69, 9.17) is 4.74 Å². The minimum absolute atomic E-state index is 0.0139. The first-order chi connectivity index (χ1) is 14.4. The number of alkyl halides is 3. The van der Waals surface area contributed by atoms with Crippen LogP contribution in [0.1, 0.15) is 19.8 Å². The number of hydrogen-bond donors (Lipinski definition) is 1. The molecule has 2 amide bonds. The Morgan fingerprint density at radius 2 is 1.90 bits per heavy atom. The fourth-order valence-electron chi connectivity index (χ4n) is 3.23. The van der Waals surface area contributed by atoms with E-state index in [-0.39, 0.29) is 30.6 Å². The van der Waals surface area contributed by atoms with Gasteiger partial charge in [0, 0.05) is 17.7 Å². The molecule has 2 atom stereocenters. The van der Waals surface area contributed by atoms with E-state index in [1.165, 1.54) is 13.0 Å². The van der Waals surface area contributed by atoms with Gasteiger partial charge in [0.05, 0.1) is 12.2 Å². The predicted octanol–water partition coefficient (Wildman–Crippen LogP) is 2.99. The van der Waals surface area contributed by atoms with Gasteiger partial charge in [0.25, 0.3) is 5.91 Å². The summed E-state index contributed by atoms with van der Waals surface area (Å²) >= 11 is 0. The van der Waals surface area contributed by atoms with Crippen LogP contribution in [0.3, 0.4) is 0 Å². The van der Waals surface area contributed by atoms with E-state index in [0.717, 1.165) is 17.0 Å². The number of esters is 1. The van der Waals surface area contributed by atoms with Gasteiger partial charge in [-0.2, -0.15) is 13.2 Å². The summed E-state index contributed by atoms with van der Waals surface area (Å²) in [4.78, 5) is 37.4. The molecule has 1 heterocycles. The molecule has 1 fully saturated rings. The van der Waals surface area contributed by atoms with Gasteiger partial charge in [0.2, 0.25) is 5.60 Å². The molecule has 7 nitrogen and oxygen atoms in total. The first-order valence-electron chi connectivity index (χ1n) is 9.07. The van der Waals surface area contributed by atoms with Gasteiger partial charge in [-0.3, -0.25) is 9.69 Å². The summed E-state index contributed by atoms with van der Waals surface area (Å²) in [6, 6.07) is 1.82. The molecule has 0 aromatic heterocycles. The zero-order valence-corrected chi connectivity index (χ0v) is 16.1. The lowest BCUT2D eigenvalue weighted by molar-refractivity contribution is -0.183. The Morgan fingerprint density at radius 3 is 2.52 bits per heavy atom. The Hall–Kier alpha value is -3.18. The third kappa shape index (κ3) is 5.30. The number of carbonyl (C=O) groups excluding carboxylic acids is 3. The molecule has 0 unspecified atom stereocenters. The highest BCUT2D eigenvalue weighted by Crippen LogP contribution is 2.30. The van der Waals surface area contributed by atoms with Crippen molar-refractivity contribution in [2.24, 2.45) is 0 Å². The monoisotopic (exact) mass is 448 g/mol. The highest BCUT2D eigenvalue weighted by atomic mass is 19.4. The fraction of sp³-hybridized carbons (Fsp3) is 0.421. The maximum atomic E-state index is 13.4. The molecule has 1 aromatic rings. The molecule has 0 bridgehead atoms. The normalized spacial score (nSPS) is 23.4. The van der Waals surface area contributed by atoms with Crippen molar-refractivity contribution in [3.63, 3.8) is 0 Å². The number of hydrogen-bond acceptors (Lipinski definition) is 5. The van der Waals surface area contributed by atoms with E-state index in [0.29, 0.717) is 6.07 Å². The molecular weight excluding hydrogens is 431 g/mol. The maximum Gasteiger partial charge on any atom is 0.422 e. The Bertz CT molecular complexity index is 928. The number of nitrogens with zero attached hydrogens (tertiary/aromatic N) is 1. The summed E-state index contributed by atoms with van der Waals surface area (Å²) in [6.45, 7) is -0.747. The van der Waals surface area contributed by atoms with Crippen LogP contribution < -0.4 is 10.2 Å². The SMILES string of the molecule is C[C@]1(C(=O)N[C@H]2CC=C(C(=O)OCC(F)(F)F)C2)CN(c2cc(F)cc(F)c2)C(=O)O1. The van der Waals surface area contributed by atoms with Crippen LogP contribution >= 0.6 is 0 Å². The van der Waals surface area contributed by atoms with Crippen LogP contribution in [0.4, 0.5) is 32.4 Å². The average molecular weight is 448 g/mol. The van der Waals surface area contributed by atoms with E-state index in [2.05, 4.69) is 10.1 Å². The smallest absolute Gasteiger partial charge is 0.422 e. The second-order valence-electron chi connectivity index (χ2n) is 7.34. The van der Waals surface area contributed by atoms with Crippen LogP contribution in [0.2, 0.25) is 0 Å². The maximum absolute atomic E-state index is 13.4. The van der Waals surface area contributed by atoms with Crippen molar-refractivity contribution in [1.29, 1.82) is 0 Å². The molecule has 1 N–H and O–H groups in total. The fourth-order valence-corrected chi connectivity index (χ4v) is 3.23. The standard InChI is InChI=1S/C19H17F5N2O5/c1-18(8-26(17(29)31-18)14-6-11(20)5-12(21)7-14)16(28)25-13-3-2-10(4-13)15(27)30-9-19(22,23)24/h2,5-7,13H,3-4,8-9H2,1H3,(H,25,28)/t13-,18+/m0/s1. The first kappa shape index (κ1) is 22.5. The third-order valence-corrected chi connectivity index (χ3v) is 4.71. The Kier molecular flexibility index (Phi) is 5.92. The zero-order valence-electron chi connectivity index (χ0n) is 16.1. The number of amides is 2. The number of ether oxygens (including phenoxy) is 2. The van der Waals surface area contributed by atoms with E-state index in [9.17, 15) is 36.3 Å². The molecule has 1 aliphatic heterocycles. The van der Waals surface area contributed by atoms with E-state index < -0.39 is 54.0 Å². The van der Waals surface area contributed by atoms with Crippen LogP contribution in [0.15, 0.2) is 29.8 Å². The number of nitrogens with one attached hydrogen (secondary N) is 1. The lowest BCUT2D eigenvalue weighted by Gasteiger charge is -2.23. The first-order valence-corrected chi connectivity index (χ1v) is 9.07. The topological polar surface area (TPSA) is 84.9 Å². The molecule has 1 aromatic carbocycles. The van der Waals surface area contributed by atoms with Crippen LogP contribution in [0, 0.1) is 11.6 Å². The van der Waals surface area contributed by atoms with E-state index in [1.54, 1.807) is 0 Å². The zero-order chi connectivity index (χ0) is 23.0. The van der Waals surface area contributed by atoms with Crippen molar-refractivity contribution in [3.8, 4) is 0 Å². The molecule has 2 aliphatic rings. The van der Waals surface area contributed by atoms with Gasteiger partial charge in [-0.25, -0.2) is 18.4 Å². The molecule has 1 saturated heterocycles. The predicted molar refractivity (Wildman–Crippen MR) is 94.9 cm³/mol. The van der Waals surface area contributed by atoms with Crippen LogP contribution in [0.25, 0.3) is 0 Å².